The average molecular weight is 405 g/mol. The van der Waals surface area contributed by atoms with E-state index in [-0.39, 0.29) is 5.91 Å². The van der Waals surface area contributed by atoms with Crippen molar-refractivity contribution in [3.63, 3.8) is 0 Å². The third kappa shape index (κ3) is 3.59. The molecule has 1 aliphatic rings. The fourth-order valence-corrected chi connectivity index (χ4v) is 3.52. The van der Waals surface area contributed by atoms with E-state index in [1.807, 2.05) is 62.4 Å². The topological polar surface area (TPSA) is 90.3 Å². The molecule has 0 saturated heterocycles. The van der Waals surface area contributed by atoms with Crippen LogP contribution in [-0.4, -0.2) is 34.4 Å². The number of anilines is 2. The van der Waals surface area contributed by atoms with Crippen molar-refractivity contribution >= 4 is 17.5 Å². The van der Waals surface area contributed by atoms with Crippen LogP contribution in [0, 0.1) is 0 Å². The fourth-order valence-electron chi connectivity index (χ4n) is 3.52. The summed E-state index contributed by atoms with van der Waals surface area (Å²) in [7, 11) is 1.62. The van der Waals surface area contributed by atoms with Crippen molar-refractivity contribution in [3.05, 3.63) is 71.7 Å². The Balaban J connectivity index is 1.73. The Labute approximate surface area is 174 Å². The number of benzene rings is 2. The third-order valence-electron chi connectivity index (χ3n) is 4.91. The predicted molar refractivity (Wildman–Crippen MR) is 114 cm³/mol. The molecule has 1 atom stereocenters. The minimum absolute atomic E-state index is 0.242. The smallest absolute Gasteiger partial charge is 0.255 e. The predicted octanol–water partition coefficient (Wildman–Crippen LogP) is 3.61. The van der Waals surface area contributed by atoms with Crippen molar-refractivity contribution < 1.29 is 14.3 Å². The summed E-state index contributed by atoms with van der Waals surface area (Å²) < 4.78 is 12.6. The van der Waals surface area contributed by atoms with Gasteiger partial charge < -0.3 is 20.1 Å². The van der Waals surface area contributed by atoms with Gasteiger partial charge in [-0.05, 0) is 43.7 Å². The first-order valence-electron chi connectivity index (χ1n) is 9.66. The lowest BCUT2D eigenvalue weighted by molar-refractivity contribution is -0.113. The zero-order chi connectivity index (χ0) is 21.1. The number of hydrogen-bond acceptors (Lipinski definition) is 6. The molecule has 8 heteroatoms. The van der Waals surface area contributed by atoms with Gasteiger partial charge in [-0.25, -0.2) is 4.68 Å². The molecule has 0 bridgehead atoms. The lowest BCUT2D eigenvalue weighted by atomic mass is 9.95. The van der Waals surface area contributed by atoms with E-state index in [9.17, 15) is 4.79 Å². The molecule has 2 aromatic carbocycles. The molecule has 0 saturated carbocycles. The normalized spacial score (nSPS) is 15.2. The number of para-hydroxylation sites is 2. The van der Waals surface area contributed by atoms with Gasteiger partial charge in [-0.3, -0.25) is 4.79 Å². The second-order valence-electron chi connectivity index (χ2n) is 6.75. The van der Waals surface area contributed by atoms with Crippen molar-refractivity contribution in [1.29, 1.82) is 0 Å². The molecule has 1 amide bonds. The molecule has 1 aromatic heterocycles. The highest BCUT2D eigenvalue weighted by Gasteiger charge is 2.33. The summed E-state index contributed by atoms with van der Waals surface area (Å²) in [5.41, 5.74) is 2.77. The van der Waals surface area contributed by atoms with E-state index < -0.39 is 6.04 Å². The number of ether oxygens (including phenoxy) is 2. The van der Waals surface area contributed by atoms with Crippen molar-refractivity contribution in [2.24, 2.45) is 0 Å². The highest BCUT2D eigenvalue weighted by atomic mass is 16.5. The molecule has 0 fully saturated rings. The zero-order valence-electron chi connectivity index (χ0n) is 17.0. The zero-order valence-corrected chi connectivity index (χ0v) is 17.0. The Morgan fingerprint density at radius 2 is 1.97 bits per heavy atom. The summed E-state index contributed by atoms with van der Waals surface area (Å²) in [5.74, 6) is 1.70. The van der Waals surface area contributed by atoms with Gasteiger partial charge in [0.2, 0.25) is 5.95 Å². The first-order valence-corrected chi connectivity index (χ1v) is 9.66. The maximum atomic E-state index is 13.4. The van der Waals surface area contributed by atoms with Crippen LogP contribution in [0.5, 0.6) is 11.5 Å². The SMILES string of the molecule is CCOc1ccccc1NC(=O)C1=C(C)Nc2ncnn2C1c1ccc(OC)cc1. The third-order valence-corrected chi connectivity index (χ3v) is 4.91. The Morgan fingerprint density at radius 3 is 2.70 bits per heavy atom. The summed E-state index contributed by atoms with van der Waals surface area (Å²) in [6, 6.07) is 14.5. The quantitative estimate of drug-likeness (QED) is 0.651. The van der Waals surface area contributed by atoms with Gasteiger partial charge in [0, 0.05) is 5.70 Å². The molecule has 0 spiro atoms. The second-order valence-corrected chi connectivity index (χ2v) is 6.75. The van der Waals surface area contributed by atoms with Crippen LogP contribution >= 0.6 is 0 Å². The van der Waals surface area contributed by atoms with Gasteiger partial charge in [-0.1, -0.05) is 24.3 Å². The number of carbonyl (C=O) groups is 1. The molecular weight excluding hydrogens is 382 g/mol. The lowest BCUT2D eigenvalue weighted by Crippen LogP contribution is -2.31. The largest absolute Gasteiger partial charge is 0.497 e. The number of nitrogens with zero attached hydrogens (tertiary/aromatic N) is 3. The molecule has 8 nitrogen and oxygen atoms in total. The van der Waals surface area contributed by atoms with E-state index in [1.165, 1.54) is 6.33 Å². The average Bonchev–Trinajstić information content (AvgIpc) is 3.22. The summed E-state index contributed by atoms with van der Waals surface area (Å²) in [5, 5.41) is 10.5. The molecule has 0 aliphatic carbocycles. The lowest BCUT2D eigenvalue weighted by Gasteiger charge is -2.29. The van der Waals surface area contributed by atoms with Gasteiger partial charge in [0.25, 0.3) is 5.91 Å². The second kappa shape index (κ2) is 8.28. The van der Waals surface area contributed by atoms with Crippen LogP contribution < -0.4 is 20.1 Å². The highest BCUT2D eigenvalue weighted by Crippen LogP contribution is 2.36. The van der Waals surface area contributed by atoms with Crippen LogP contribution in [0.3, 0.4) is 0 Å². The number of allylic oxidation sites excluding steroid dienone is 1. The van der Waals surface area contributed by atoms with E-state index in [1.54, 1.807) is 11.8 Å². The summed E-state index contributed by atoms with van der Waals surface area (Å²) in [6.45, 7) is 4.27. The van der Waals surface area contributed by atoms with Crippen LogP contribution in [0.4, 0.5) is 11.6 Å². The minimum atomic E-state index is -0.436. The number of rotatable bonds is 6. The van der Waals surface area contributed by atoms with Gasteiger partial charge in [-0.2, -0.15) is 10.1 Å². The van der Waals surface area contributed by atoms with Crippen LogP contribution in [0.25, 0.3) is 0 Å². The molecule has 1 unspecified atom stereocenters. The van der Waals surface area contributed by atoms with E-state index in [0.29, 0.717) is 35.3 Å². The summed E-state index contributed by atoms with van der Waals surface area (Å²) in [4.78, 5) is 17.7. The summed E-state index contributed by atoms with van der Waals surface area (Å²) in [6.07, 6.45) is 1.47. The van der Waals surface area contributed by atoms with Crippen molar-refractivity contribution in [2.45, 2.75) is 19.9 Å². The molecular formula is C22H23N5O3. The van der Waals surface area contributed by atoms with Crippen LogP contribution in [0.15, 0.2) is 66.1 Å². The number of amides is 1. The molecule has 2 heterocycles. The first kappa shape index (κ1) is 19.5. The van der Waals surface area contributed by atoms with Gasteiger partial charge in [0.1, 0.15) is 23.9 Å². The molecule has 3 aromatic rings. The maximum absolute atomic E-state index is 13.4. The van der Waals surface area contributed by atoms with Gasteiger partial charge >= 0.3 is 0 Å². The molecule has 4 rings (SSSR count). The standard InChI is InChI=1S/C22H23N5O3/c1-4-30-18-8-6-5-7-17(18)26-21(28)19-14(2)25-22-23-13-24-27(22)20(19)15-9-11-16(29-3)12-10-15/h5-13,20H,4H2,1-3H3,(H,26,28)(H,23,24,25). The van der Waals surface area contributed by atoms with Crippen molar-refractivity contribution in [2.75, 3.05) is 24.4 Å². The van der Waals surface area contributed by atoms with E-state index in [2.05, 4.69) is 20.7 Å². The maximum Gasteiger partial charge on any atom is 0.255 e. The molecule has 0 radical (unpaired) electrons. The number of aromatic nitrogens is 3. The van der Waals surface area contributed by atoms with Gasteiger partial charge in [0.05, 0.1) is 25.0 Å². The molecule has 2 N–H and O–H groups in total. The van der Waals surface area contributed by atoms with E-state index in [0.717, 1.165) is 11.3 Å². The van der Waals surface area contributed by atoms with E-state index >= 15 is 0 Å². The Morgan fingerprint density at radius 1 is 1.20 bits per heavy atom. The number of fused-ring (bicyclic) bond motifs is 1. The van der Waals surface area contributed by atoms with E-state index in [4.69, 9.17) is 9.47 Å². The monoisotopic (exact) mass is 405 g/mol. The number of hydrogen-bond donors (Lipinski definition) is 2. The van der Waals surface area contributed by atoms with Crippen molar-refractivity contribution in [3.8, 4) is 11.5 Å². The molecule has 154 valence electrons. The highest BCUT2D eigenvalue weighted by molar-refractivity contribution is 6.06. The molecule has 30 heavy (non-hydrogen) atoms. The van der Waals surface area contributed by atoms with Crippen LogP contribution in [-0.2, 0) is 4.79 Å². The van der Waals surface area contributed by atoms with Gasteiger partial charge in [-0.15, -0.1) is 0 Å². The Hall–Kier alpha value is -3.81. The van der Waals surface area contributed by atoms with Crippen LogP contribution in [0.2, 0.25) is 0 Å². The van der Waals surface area contributed by atoms with Crippen molar-refractivity contribution in [1.82, 2.24) is 14.8 Å². The Kier molecular flexibility index (Phi) is 5.38. The summed E-state index contributed by atoms with van der Waals surface area (Å²) >= 11 is 0. The fraction of sp³-hybridized carbons (Fsp3) is 0.227. The van der Waals surface area contributed by atoms with Gasteiger partial charge in [0.15, 0.2) is 0 Å². The van der Waals surface area contributed by atoms with Crippen LogP contribution in [0.1, 0.15) is 25.5 Å². The Bertz CT molecular complexity index is 1090. The number of nitrogens with one attached hydrogen (secondary N) is 2. The first-order chi connectivity index (χ1) is 14.6. The number of carbonyl (C=O) groups excluding carboxylic acids is 1. The minimum Gasteiger partial charge on any atom is -0.497 e. The number of methoxy groups -OCH3 is 1. The molecule has 1 aliphatic heterocycles.